The summed E-state index contributed by atoms with van der Waals surface area (Å²) in [5.41, 5.74) is 8.08. The minimum atomic E-state index is -0.0836. The highest BCUT2D eigenvalue weighted by Gasteiger charge is 2.34. The summed E-state index contributed by atoms with van der Waals surface area (Å²) in [7, 11) is 0. The number of fused-ring (bicyclic) bond motifs is 2. The Morgan fingerprint density at radius 2 is 0.833 bits per heavy atom. The lowest BCUT2D eigenvalue weighted by molar-refractivity contribution is 0.0980. The largest absolute Gasteiger partial charge is 0.289 e. The zero-order chi connectivity index (χ0) is 25.4. The molecule has 5 rings (SSSR count). The normalized spacial score (nSPS) is 12.7. The van der Waals surface area contributed by atoms with E-state index >= 15 is 0 Å². The van der Waals surface area contributed by atoms with Gasteiger partial charge >= 0.3 is 0 Å². The van der Waals surface area contributed by atoms with Crippen molar-refractivity contribution in [2.45, 2.75) is 40.5 Å². The molecule has 2 nitrogen and oxygen atoms in total. The highest BCUT2D eigenvalue weighted by atomic mass is 16.1. The zero-order valence-electron chi connectivity index (χ0n) is 21.5. The van der Waals surface area contributed by atoms with Crippen molar-refractivity contribution in [3.8, 4) is 22.3 Å². The van der Waals surface area contributed by atoms with Crippen molar-refractivity contribution in [3.05, 3.63) is 118 Å². The monoisotopic (exact) mass is 472 g/mol. The van der Waals surface area contributed by atoms with E-state index in [1.807, 2.05) is 24.3 Å². The second-order valence-corrected chi connectivity index (χ2v) is 10.7. The first-order valence-corrected chi connectivity index (χ1v) is 12.9. The molecule has 0 atom stereocenters. The van der Waals surface area contributed by atoms with Crippen LogP contribution in [0.2, 0.25) is 0 Å². The van der Waals surface area contributed by atoms with Crippen LogP contribution in [0.4, 0.5) is 0 Å². The van der Waals surface area contributed by atoms with Gasteiger partial charge in [0.25, 0.3) is 0 Å². The summed E-state index contributed by atoms with van der Waals surface area (Å²) in [4.78, 5) is 27.7. The fourth-order valence-electron chi connectivity index (χ4n) is 5.29. The summed E-state index contributed by atoms with van der Waals surface area (Å²) < 4.78 is 0. The smallest absolute Gasteiger partial charge is 0.195 e. The third-order valence-electron chi connectivity index (χ3n) is 6.89. The van der Waals surface area contributed by atoms with Crippen molar-refractivity contribution in [2.24, 2.45) is 11.8 Å². The SMILES string of the molecule is CC(C)Cc1ccc(-c2ccc(-c3ccc(CC(C)C)cc3)c3c2C(=O)c2ccccc2C3=O)cc1. The van der Waals surface area contributed by atoms with Crippen molar-refractivity contribution in [1.82, 2.24) is 0 Å². The standard InChI is InChI=1S/C34H32O2/c1-21(2)19-23-9-13-25(14-10-23)27-17-18-28(26-15-11-24(12-16-26)20-22(3)4)32-31(27)33(35)29-7-5-6-8-30(29)34(32)36/h5-18,21-22H,19-20H2,1-4H3. The van der Waals surface area contributed by atoms with E-state index in [-0.39, 0.29) is 11.6 Å². The van der Waals surface area contributed by atoms with Crippen LogP contribution >= 0.6 is 0 Å². The van der Waals surface area contributed by atoms with Crippen LogP contribution < -0.4 is 0 Å². The van der Waals surface area contributed by atoms with Gasteiger partial charge in [0.15, 0.2) is 11.6 Å². The van der Waals surface area contributed by atoms with Gasteiger partial charge in [-0.25, -0.2) is 0 Å². The van der Waals surface area contributed by atoms with Crippen LogP contribution in [0, 0.1) is 11.8 Å². The fraction of sp³-hybridized carbons (Fsp3) is 0.235. The highest BCUT2D eigenvalue weighted by molar-refractivity contribution is 6.32. The van der Waals surface area contributed by atoms with Gasteiger partial charge < -0.3 is 0 Å². The van der Waals surface area contributed by atoms with Crippen molar-refractivity contribution in [1.29, 1.82) is 0 Å². The predicted molar refractivity (Wildman–Crippen MR) is 148 cm³/mol. The lowest BCUT2D eigenvalue weighted by atomic mass is 9.77. The van der Waals surface area contributed by atoms with Gasteiger partial charge in [0.1, 0.15) is 0 Å². The van der Waals surface area contributed by atoms with Crippen molar-refractivity contribution in [2.75, 3.05) is 0 Å². The summed E-state index contributed by atoms with van der Waals surface area (Å²) >= 11 is 0. The molecule has 0 aromatic heterocycles. The molecule has 0 spiro atoms. The second-order valence-electron chi connectivity index (χ2n) is 10.7. The molecule has 0 heterocycles. The first-order valence-electron chi connectivity index (χ1n) is 12.9. The highest BCUT2D eigenvalue weighted by Crippen LogP contribution is 2.40. The Balaban J connectivity index is 1.68. The molecule has 0 saturated carbocycles. The molecule has 0 unspecified atom stereocenters. The molecule has 0 N–H and O–H groups in total. The molecule has 1 aliphatic carbocycles. The number of hydrogen-bond acceptors (Lipinski definition) is 2. The van der Waals surface area contributed by atoms with Gasteiger partial charge in [-0.05, 0) is 58.1 Å². The van der Waals surface area contributed by atoms with Crippen LogP contribution in [0.25, 0.3) is 22.3 Å². The van der Waals surface area contributed by atoms with E-state index in [0.717, 1.165) is 35.1 Å². The van der Waals surface area contributed by atoms with Gasteiger partial charge in [0.05, 0.1) is 0 Å². The van der Waals surface area contributed by atoms with Crippen LogP contribution in [0.15, 0.2) is 84.9 Å². The molecule has 4 aromatic rings. The Kier molecular flexibility index (Phi) is 6.45. The number of benzene rings is 4. The summed E-state index contributed by atoms with van der Waals surface area (Å²) in [6, 6.07) is 28.0. The third-order valence-corrected chi connectivity index (χ3v) is 6.89. The molecule has 0 fully saturated rings. The molecular weight excluding hydrogens is 440 g/mol. The van der Waals surface area contributed by atoms with Gasteiger partial charge in [0, 0.05) is 22.3 Å². The number of carbonyl (C=O) groups is 2. The van der Waals surface area contributed by atoms with Crippen LogP contribution in [0.5, 0.6) is 0 Å². The molecule has 0 radical (unpaired) electrons. The number of ketones is 2. The van der Waals surface area contributed by atoms with Crippen LogP contribution in [0.1, 0.15) is 70.7 Å². The lowest BCUT2D eigenvalue weighted by Crippen LogP contribution is -2.22. The molecule has 1 aliphatic rings. The molecule has 4 aromatic carbocycles. The average Bonchev–Trinajstić information content (AvgIpc) is 2.87. The molecular formula is C34H32O2. The van der Waals surface area contributed by atoms with E-state index in [4.69, 9.17) is 0 Å². The van der Waals surface area contributed by atoms with E-state index in [9.17, 15) is 9.59 Å². The summed E-state index contributed by atoms with van der Waals surface area (Å²) in [5.74, 6) is 0.982. The molecule has 2 heteroatoms. The van der Waals surface area contributed by atoms with Gasteiger partial charge in [-0.2, -0.15) is 0 Å². The Hall–Kier alpha value is -3.78. The maximum absolute atomic E-state index is 13.9. The van der Waals surface area contributed by atoms with Gasteiger partial charge in [-0.15, -0.1) is 0 Å². The van der Waals surface area contributed by atoms with E-state index in [0.29, 0.717) is 34.1 Å². The van der Waals surface area contributed by atoms with Crippen molar-refractivity contribution < 1.29 is 9.59 Å². The maximum atomic E-state index is 13.9. The van der Waals surface area contributed by atoms with E-state index in [2.05, 4.69) is 76.2 Å². The Bertz CT molecular complexity index is 1330. The average molecular weight is 473 g/mol. The third kappa shape index (κ3) is 4.44. The second kappa shape index (κ2) is 9.70. The molecule has 0 aliphatic heterocycles. The Labute approximate surface area is 214 Å². The molecule has 36 heavy (non-hydrogen) atoms. The van der Waals surface area contributed by atoms with Crippen LogP contribution in [-0.4, -0.2) is 11.6 Å². The minimum absolute atomic E-state index is 0.0836. The molecule has 0 bridgehead atoms. The van der Waals surface area contributed by atoms with E-state index in [1.165, 1.54) is 11.1 Å². The Morgan fingerprint density at radius 1 is 0.472 bits per heavy atom. The maximum Gasteiger partial charge on any atom is 0.195 e. The van der Waals surface area contributed by atoms with Crippen molar-refractivity contribution in [3.63, 3.8) is 0 Å². The van der Waals surface area contributed by atoms with E-state index in [1.54, 1.807) is 12.1 Å². The first kappa shape index (κ1) is 23.9. The molecule has 0 saturated heterocycles. The lowest BCUT2D eigenvalue weighted by Gasteiger charge is -2.23. The summed E-state index contributed by atoms with van der Waals surface area (Å²) in [6.45, 7) is 8.83. The van der Waals surface area contributed by atoms with E-state index < -0.39 is 0 Å². The van der Waals surface area contributed by atoms with Crippen LogP contribution in [-0.2, 0) is 12.8 Å². The molecule has 0 amide bonds. The van der Waals surface area contributed by atoms with Gasteiger partial charge in [-0.3, -0.25) is 9.59 Å². The first-order chi connectivity index (χ1) is 17.3. The van der Waals surface area contributed by atoms with Gasteiger partial charge in [-0.1, -0.05) is 113 Å². The summed E-state index contributed by atoms with van der Waals surface area (Å²) in [5, 5.41) is 0. The Morgan fingerprint density at radius 3 is 1.17 bits per heavy atom. The fourth-order valence-corrected chi connectivity index (χ4v) is 5.29. The topological polar surface area (TPSA) is 34.1 Å². The minimum Gasteiger partial charge on any atom is -0.289 e. The number of hydrogen-bond donors (Lipinski definition) is 0. The van der Waals surface area contributed by atoms with Crippen molar-refractivity contribution >= 4 is 11.6 Å². The number of carbonyl (C=O) groups excluding carboxylic acids is 2. The quantitative estimate of drug-likeness (QED) is 0.250. The van der Waals surface area contributed by atoms with Gasteiger partial charge in [0.2, 0.25) is 0 Å². The zero-order valence-corrected chi connectivity index (χ0v) is 21.5. The predicted octanol–water partition coefficient (Wildman–Crippen LogP) is 8.19. The number of rotatable bonds is 6. The summed E-state index contributed by atoms with van der Waals surface area (Å²) in [6.07, 6.45) is 2.02. The molecule has 180 valence electrons. The van der Waals surface area contributed by atoms with Crippen LogP contribution in [0.3, 0.4) is 0 Å².